The van der Waals surface area contributed by atoms with Crippen LogP contribution in [0.1, 0.15) is 23.2 Å². The maximum absolute atomic E-state index is 12.7. The highest BCUT2D eigenvalue weighted by Gasteiger charge is 2.24. The Morgan fingerprint density at radius 2 is 2.00 bits per heavy atom. The van der Waals surface area contributed by atoms with E-state index in [-0.39, 0.29) is 5.91 Å². The van der Waals surface area contributed by atoms with E-state index in [1.54, 1.807) is 7.11 Å². The summed E-state index contributed by atoms with van der Waals surface area (Å²) in [5, 5.41) is 3.22. The summed E-state index contributed by atoms with van der Waals surface area (Å²) < 4.78 is 10.7. The highest BCUT2D eigenvalue weighted by atomic mass is 16.5. The number of para-hydroxylation sites is 1. The van der Waals surface area contributed by atoms with Crippen molar-refractivity contribution < 1.29 is 14.3 Å². The average molecular weight is 306 g/mol. The molecule has 0 atom stereocenters. The van der Waals surface area contributed by atoms with E-state index in [2.05, 4.69) is 5.32 Å². The Labute approximate surface area is 132 Å². The van der Waals surface area contributed by atoms with Gasteiger partial charge in [-0.15, -0.1) is 0 Å². The topological polar surface area (TPSA) is 50.8 Å². The number of carbonyl (C=O) groups is 1. The normalized spacial score (nSPS) is 15.8. The Morgan fingerprint density at radius 1 is 1.27 bits per heavy atom. The Kier molecular flexibility index (Phi) is 6.68. The lowest BCUT2D eigenvalue weighted by molar-refractivity contribution is 0.0684. The molecule has 1 aliphatic heterocycles. The number of hydrogen-bond donors (Lipinski definition) is 1. The van der Waals surface area contributed by atoms with Crippen LogP contribution < -0.4 is 10.1 Å². The van der Waals surface area contributed by atoms with Gasteiger partial charge >= 0.3 is 0 Å². The Balaban J connectivity index is 1.97. The number of likely N-dealkylation sites (tertiary alicyclic amines) is 1. The Morgan fingerprint density at radius 3 is 2.68 bits per heavy atom. The van der Waals surface area contributed by atoms with Gasteiger partial charge in [0.1, 0.15) is 12.4 Å². The summed E-state index contributed by atoms with van der Waals surface area (Å²) in [6.07, 6.45) is 2.11. The van der Waals surface area contributed by atoms with Crippen molar-refractivity contribution in [3.63, 3.8) is 0 Å². The minimum Gasteiger partial charge on any atom is -0.490 e. The summed E-state index contributed by atoms with van der Waals surface area (Å²) >= 11 is 0. The van der Waals surface area contributed by atoms with Crippen LogP contribution in [0.15, 0.2) is 24.3 Å². The molecule has 2 rings (SSSR count). The Bertz CT molecular complexity index is 471. The van der Waals surface area contributed by atoms with Gasteiger partial charge in [-0.2, -0.15) is 0 Å². The van der Waals surface area contributed by atoms with E-state index >= 15 is 0 Å². The third-order valence-electron chi connectivity index (χ3n) is 4.06. The fraction of sp³-hybridized carbons (Fsp3) is 0.588. The first-order valence-electron chi connectivity index (χ1n) is 7.91. The molecular weight excluding hydrogens is 280 g/mol. The monoisotopic (exact) mass is 306 g/mol. The zero-order chi connectivity index (χ0) is 15.8. The average Bonchev–Trinajstić information content (AvgIpc) is 2.56. The van der Waals surface area contributed by atoms with Crippen LogP contribution in [0.4, 0.5) is 0 Å². The number of nitrogens with one attached hydrogen (secondary N) is 1. The molecule has 0 unspecified atom stereocenters. The van der Waals surface area contributed by atoms with Crippen LogP contribution in [0.5, 0.6) is 5.75 Å². The third-order valence-corrected chi connectivity index (χ3v) is 4.06. The quantitative estimate of drug-likeness (QED) is 0.780. The minimum absolute atomic E-state index is 0.0657. The Hall–Kier alpha value is -1.59. The number of ether oxygens (including phenoxy) is 2. The number of piperidine rings is 1. The fourth-order valence-electron chi connectivity index (χ4n) is 2.80. The van der Waals surface area contributed by atoms with Crippen molar-refractivity contribution in [3.05, 3.63) is 29.8 Å². The standard InChI is InChI=1S/C17H26N2O3/c1-18-13-14-7-9-19(10-8-14)17(20)15-5-3-4-6-16(15)22-12-11-21-2/h3-6,14,18H,7-13H2,1-2H3. The minimum atomic E-state index is 0.0657. The van der Waals surface area contributed by atoms with E-state index in [0.29, 0.717) is 30.4 Å². The first kappa shape index (κ1) is 16.8. The molecule has 0 radical (unpaired) electrons. The smallest absolute Gasteiger partial charge is 0.257 e. The number of nitrogens with zero attached hydrogens (tertiary/aromatic N) is 1. The van der Waals surface area contributed by atoms with E-state index in [1.165, 1.54) is 0 Å². The molecule has 1 aliphatic rings. The molecule has 1 saturated heterocycles. The maximum Gasteiger partial charge on any atom is 0.257 e. The van der Waals surface area contributed by atoms with Crippen LogP contribution in [0.2, 0.25) is 0 Å². The van der Waals surface area contributed by atoms with Gasteiger partial charge in [0.05, 0.1) is 12.2 Å². The summed E-state index contributed by atoms with van der Waals surface area (Å²) in [7, 11) is 3.61. The number of carbonyl (C=O) groups excluding carboxylic acids is 1. The van der Waals surface area contributed by atoms with Gasteiger partial charge in [-0.05, 0) is 44.5 Å². The number of methoxy groups -OCH3 is 1. The van der Waals surface area contributed by atoms with Gasteiger partial charge in [0, 0.05) is 20.2 Å². The predicted octanol–water partition coefficient (Wildman–Crippen LogP) is 1.78. The van der Waals surface area contributed by atoms with E-state index in [4.69, 9.17) is 9.47 Å². The molecule has 0 saturated carbocycles. The highest BCUT2D eigenvalue weighted by molar-refractivity contribution is 5.97. The molecule has 0 bridgehead atoms. The van der Waals surface area contributed by atoms with Crippen LogP contribution in [0, 0.1) is 5.92 Å². The van der Waals surface area contributed by atoms with Gasteiger partial charge in [-0.1, -0.05) is 12.1 Å². The van der Waals surface area contributed by atoms with Gasteiger partial charge < -0.3 is 19.7 Å². The molecule has 1 N–H and O–H groups in total. The van der Waals surface area contributed by atoms with Crippen molar-refractivity contribution in [1.29, 1.82) is 0 Å². The molecule has 1 aromatic rings. The van der Waals surface area contributed by atoms with Crippen molar-refractivity contribution >= 4 is 5.91 Å². The molecule has 22 heavy (non-hydrogen) atoms. The van der Waals surface area contributed by atoms with Crippen molar-refractivity contribution in [2.24, 2.45) is 5.92 Å². The molecule has 122 valence electrons. The van der Waals surface area contributed by atoms with Gasteiger partial charge in [-0.25, -0.2) is 0 Å². The first-order valence-corrected chi connectivity index (χ1v) is 7.91. The van der Waals surface area contributed by atoms with Crippen LogP contribution in [-0.2, 0) is 4.74 Å². The number of hydrogen-bond acceptors (Lipinski definition) is 4. The van der Waals surface area contributed by atoms with E-state index in [1.807, 2.05) is 36.2 Å². The van der Waals surface area contributed by atoms with E-state index in [9.17, 15) is 4.79 Å². The molecule has 5 nitrogen and oxygen atoms in total. The summed E-state index contributed by atoms with van der Waals surface area (Å²) in [6, 6.07) is 7.45. The predicted molar refractivity (Wildman–Crippen MR) is 86.4 cm³/mol. The van der Waals surface area contributed by atoms with Crippen molar-refractivity contribution in [1.82, 2.24) is 10.2 Å². The lowest BCUT2D eigenvalue weighted by Gasteiger charge is -2.32. The van der Waals surface area contributed by atoms with Gasteiger partial charge in [0.2, 0.25) is 0 Å². The van der Waals surface area contributed by atoms with E-state index in [0.717, 1.165) is 32.5 Å². The van der Waals surface area contributed by atoms with Gasteiger partial charge in [0.15, 0.2) is 0 Å². The molecule has 0 spiro atoms. The summed E-state index contributed by atoms with van der Waals surface area (Å²) in [5.41, 5.74) is 0.644. The van der Waals surface area contributed by atoms with E-state index < -0.39 is 0 Å². The summed E-state index contributed by atoms with van der Waals surface area (Å²) in [4.78, 5) is 14.7. The van der Waals surface area contributed by atoms with Crippen molar-refractivity contribution in [2.45, 2.75) is 12.8 Å². The molecule has 0 aromatic heterocycles. The molecule has 0 aliphatic carbocycles. The maximum atomic E-state index is 12.7. The SMILES string of the molecule is CNCC1CCN(C(=O)c2ccccc2OCCOC)CC1. The summed E-state index contributed by atoms with van der Waals surface area (Å²) in [6.45, 7) is 3.62. The van der Waals surface area contributed by atoms with Crippen LogP contribution in [-0.4, -0.2) is 57.8 Å². The molecule has 1 heterocycles. The first-order chi connectivity index (χ1) is 10.8. The molecule has 1 amide bonds. The van der Waals surface area contributed by atoms with Crippen LogP contribution in [0.3, 0.4) is 0 Å². The lowest BCUT2D eigenvalue weighted by Crippen LogP contribution is -2.40. The summed E-state index contributed by atoms with van der Waals surface area (Å²) in [5.74, 6) is 1.38. The highest BCUT2D eigenvalue weighted by Crippen LogP contribution is 2.23. The van der Waals surface area contributed by atoms with Gasteiger partial charge in [-0.3, -0.25) is 4.79 Å². The largest absolute Gasteiger partial charge is 0.490 e. The molecule has 1 fully saturated rings. The number of benzene rings is 1. The second kappa shape index (κ2) is 8.76. The van der Waals surface area contributed by atoms with Crippen molar-refractivity contribution in [2.75, 3.05) is 47.0 Å². The second-order valence-corrected chi connectivity index (χ2v) is 5.63. The number of amides is 1. The molecule has 5 heteroatoms. The van der Waals surface area contributed by atoms with Crippen molar-refractivity contribution in [3.8, 4) is 5.75 Å². The molecular formula is C17H26N2O3. The fourth-order valence-corrected chi connectivity index (χ4v) is 2.80. The second-order valence-electron chi connectivity index (χ2n) is 5.63. The zero-order valence-corrected chi connectivity index (χ0v) is 13.5. The lowest BCUT2D eigenvalue weighted by atomic mass is 9.96. The van der Waals surface area contributed by atoms with Crippen LogP contribution in [0.25, 0.3) is 0 Å². The number of rotatable bonds is 7. The molecule has 1 aromatic carbocycles. The third kappa shape index (κ3) is 4.45. The van der Waals surface area contributed by atoms with Gasteiger partial charge in [0.25, 0.3) is 5.91 Å². The zero-order valence-electron chi connectivity index (χ0n) is 13.5. The van der Waals surface area contributed by atoms with Crippen LogP contribution >= 0.6 is 0 Å².